The first kappa shape index (κ1) is 13.8. The summed E-state index contributed by atoms with van der Waals surface area (Å²) >= 11 is 0. The molecule has 0 nitrogen and oxygen atoms in total. The second-order valence-corrected chi connectivity index (χ2v) is 2.61. The lowest BCUT2D eigenvalue weighted by atomic mass is 10.1. The third kappa shape index (κ3) is 9.22. The van der Waals surface area contributed by atoms with Gasteiger partial charge in [-0.3, -0.25) is 0 Å². The Morgan fingerprint density at radius 3 is 2.00 bits per heavy atom. The van der Waals surface area contributed by atoms with E-state index in [2.05, 4.69) is 20.4 Å². The van der Waals surface area contributed by atoms with Gasteiger partial charge in [-0.1, -0.05) is 64.2 Å². The minimum absolute atomic E-state index is 0.557. The lowest BCUT2D eigenvalue weighted by Crippen LogP contribution is -1.86. The van der Waals surface area contributed by atoms with Crippen LogP contribution in [-0.4, -0.2) is 0 Å². The third-order valence-corrected chi connectivity index (χ3v) is 1.36. The average molecular weight is 166 g/mol. The van der Waals surface area contributed by atoms with Crippen molar-refractivity contribution in [1.82, 2.24) is 0 Å². The zero-order valence-electron chi connectivity index (χ0n) is 9.09. The SMILES string of the molecule is C=C(/C=C\C=C/C)C(C)C.CC. The first-order chi connectivity index (χ1) is 5.68. The predicted octanol–water partition coefficient (Wildman–Crippen LogP) is 4.36. The molecular formula is C12H22. The highest BCUT2D eigenvalue weighted by molar-refractivity contribution is 5.20. The first-order valence-electron chi connectivity index (χ1n) is 4.66. The molecule has 0 fully saturated rings. The van der Waals surface area contributed by atoms with Crippen LogP contribution in [0, 0.1) is 5.92 Å². The maximum atomic E-state index is 3.91. The van der Waals surface area contributed by atoms with Crippen LogP contribution in [0.3, 0.4) is 0 Å². The molecule has 0 saturated carbocycles. The summed E-state index contributed by atoms with van der Waals surface area (Å²) in [5, 5.41) is 0. The molecule has 0 aromatic rings. The standard InChI is InChI=1S/C10H16.C2H6/c1-5-6-7-8-10(4)9(2)3;1-2/h5-9H,4H2,1-3H3;1-2H3/b6-5-,8-7-;. The Balaban J connectivity index is 0. The van der Waals surface area contributed by atoms with Gasteiger partial charge in [-0.15, -0.1) is 0 Å². The van der Waals surface area contributed by atoms with Crippen LogP contribution in [0.5, 0.6) is 0 Å². The van der Waals surface area contributed by atoms with Gasteiger partial charge in [0.05, 0.1) is 0 Å². The van der Waals surface area contributed by atoms with Crippen LogP contribution in [0.1, 0.15) is 34.6 Å². The maximum absolute atomic E-state index is 3.91. The van der Waals surface area contributed by atoms with Crippen LogP contribution in [0.4, 0.5) is 0 Å². The van der Waals surface area contributed by atoms with E-state index in [0.29, 0.717) is 5.92 Å². The van der Waals surface area contributed by atoms with Crippen LogP contribution in [0.2, 0.25) is 0 Å². The number of hydrogen-bond acceptors (Lipinski definition) is 0. The van der Waals surface area contributed by atoms with E-state index in [4.69, 9.17) is 0 Å². The van der Waals surface area contributed by atoms with Gasteiger partial charge >= 0.3 is 0 Å². The molecule has 0 saturated heterocycles. The summed E-state index contributed by atoms with van der Waals surface area (Å²) < 4.78 is 0. The molecule has 0 radical (unpaired) electrons. The molecular weight excluding hydrogens is 144 g/mol. The van der Waals surface area contributed by atoms with Crippen molar-refractivity contribution in [3.05, 3.63) is 36.5 Å². The molecule has 0 spiro atoms. The van der Waals surface area contributed by atoms with E-state index in [1.807, 2.05) is 45.1 Å². The van der Waals surface area contributed by atoms with Gasteiger partial charge in [0.15, 0.2) is 0 Å². The summed E-state index contributed by atoms with van der Waals surface area (Å²) in [7, 11) is 0. The van der Waals surface area contributed by atoms with E-state index < -0.39 is 0 Å². The number of rotatable bonds is 3. The quantitative estimate of drug-likeness (QED) is 0.546. The van der Waals surface area contributed by atoms with Crippen LogP contribution in [0.25, 0.3) is 0 Å². The highest BCUT2D eigenvalue weighted by atomic mass is 14.0. The van der Waals surface area contributed by atoms with Crippen LogP contribution >= 0.6 is 0 Å². The van der Waals surface area contributed by atoms with Crippen LogP contribution in [0.15, 0.2) is 36.5 Å². The van der Waals surface area contributed by atoms with Crippen LogP contribution in [-0.2, 0) is 0 Å². The smallest absolute Gasteiger partial charge is 0.0225 e. The van der Waals surface area contributed by atoms with Crippen molar-refractivity contribution in [3.63, 3.8) is 0 Å². The fourth-order valence-corrected chi connectivity index (χ4v) is 0.483. The summed E-state index contributed by atoms with van der Waals surface area (Å²) in [5.41, 5.74) is 1.18. The van der Waals surface area contributed by atoms with E-state index in [0.717, 1.165) is 0 Å². The monoisotopic (exact) mass is 166 g/mol. The molecule has 0 aromatic carbocycles. The van der Waals surface area contributed by atoms with Gasteiger partial charge in [-0.2, -0.15) is 0 Å². The normalized spacial score (nSPS) is 10.5. The van der Waals surface area contributed by atoms with E-state index in [-0.39, 0.29) is 0 Å². The maximum Gasteiger partial charge on any atom is -0.0225 e. The van der Waals surface area contributed by atoms with Crippen molar-refractivity contribution in [2.24, 2.45) is 5.92 Å². The van der Waals surface area contributed by atoms with Gasteiger partial charge in [0.25, 0.3) is 0 Å². The Morgan fingerprint density at radius 2 is 1.67 bits per heavy atom. The fourth-order valence-electron chi connectivity index (χ4n) is 0.483. The summed E-state index contributed by atoms with van der Waals surface area (Å²) in [4.78, 5) is 0. The summed E-state index contributed by atoms with van der Waals surface area (Å²) in [6.07, 6.45) is 8.07. The van der Waals surface area contributed by atoms with Crippen molar-refractivity contribution >= 4 is 0 Å². The molecule has 0 N–H and O–H groups in total. The lowest BCUT2D eigenvalue weighted by Gasteiger charge is -2.00. The van der Waals surface area contributed by atoms with Gasteiger partial charge in [0.1, 0.15) is 0 Å². The van der Waals surface area contributed by atoms with Crippen molar-refractivity contribution < 1.29 is 0 Å². The molecule has 0 unspecified atom stereocenters. The average Bonchev–Trinajstić information content (AvgIpc) is 2.08. The Kier molecular flexibility index (Phi) is 11.7. The van der Waals surface area contributed by atoms with Gasteiger partial charge in [0.2, 0.25) is 0 Å². The Labute approximate surface area is 77.7 Å². The molecule has 0 atom stereocenters. The van der Waals surface area contributed by atoms with Gasteiger partial charge < -0.3 is 0 Å². The zero-order valence-corrected chi connectivity index (χ0v) is 9.09. The second kappa shape index (κ2) is 10.2. The topological polar surface area (TPSA) is 0 Å². The highest BCUT2D eigenvalue weighted by Crippen LogP contribution is 2.07. The zero-order chi connectivity index (χ0) is 9.98. The van der Waals surface area contributed by atoms with Crippen LogP contribution < -0.4 is 0 Å². The summed E-state index contributed by atoms with van der Waals surface area (Å²) in [5.74, 6) is 0.557. The van der Waals surface area contributed by atoms with Crippen molar-refractivity contribution in [3.8, 4) is 0 Å². The van der Waals surface area contributed by atoms with E-state index in [9.17, 15) is 0 Å². The lowest BCUT2D eigenvalue weighted by molar-refractivity contribution is 0.795. The van der Waals surface area contributed by atoms with Crippen molar-refractivity contribution in [1.29, 1.82) is 0 Å². The number of hydrogen-bond donors (Lipinski definition) is 0. The molecule has 0 aliphatic carbocycles. The molecule has 0 bridgehead atoms. The number of allylic oxidation sites excluding steroid dienone is 5. The molecule has 0 aliphatic heterocycles. The molecule has 0 heteroatoms. The minimum atomic E-state index is 0.557. The highest BCUT2D eigenvalue weighted by Gasteiger charge is 1.91. The third-order valence-electron chi connectivity index (χ3n) is 1.36. The molecule has 70 valence electrons. The molecule has 0 rings (SSSR count). The van der Waals surface area contributed by atoms with Crippen molar-refractivity contribution in [2.75, 3.05) is 0 Å². The fraction of sp³-hybridized carbons (Fsp3) is 0.500. The first-order valence-corrected chi connectivity index (χ1v) is 4.66. The Bertz CT molecular complexity index is 147. The van der Waals surface area contributed by atoms with E-state index >= 15 is 0 Å². The Hall–Kier alpha value is -0.780. The largest absolute Gasteiger partial charge is 0.0956 e. The van der Waals surface area contributed by atoms with E-state index in [1.54, 1.807) is 0 Å². The molecule has 12 heavy (non-hydrogen) atoms. The summed E-state index contributed by atoms with van der Waals surface area (Å²) in [6.45, 7) is 14.2. The van der Waals surface area contributed by atoms with Crippen molar-refractivity contribution in [2.45, 2.75) is 34.6 Å². The van der Waals surface area contributed by atoms with Gasteiger partial charge in [0, 0.05) is 0 Å². The molecule has 0 heterocycles. The van der Waals surface area contributed by atoms with Gasteiger partial charge in [-0.05, 0) is 12.8 Å². The van der Waals surface area contributed by atoms with Gasteiger partial charge in [-0.25, -0.2) is 0 Å². The molecule has 0 amide bonds. The molecule has 0 aromatic heterocycles. The minimum Gasteiger partial charge on any atom is -0.0956 e. The van der Waals surface area contributed by atoms with E-state index in [1.165, 1.54) is 5.57 Å². The predicted molar refractivity (Wildman–Crippen MR) is 59.3 cm³/mol. The second-order valence-electron chi connectivity index (χ2n) is 2.61. The molecule has 0 aliphatic rings. The summed E-state index contributed by atoms with van der Waals surface area (Å²) in [6, 6.07) is 0. The Morgan fingerprint density at radius 1 is 1.17 bits per heavy atom.